The van der Waals surface area contributed by atoms with Crippen LogP contribution in [0, 0.1) is 0 Å². The molecule has 0 spiro atoms. The molecule has 1 aliphatic heterocycles. The molecule has 1 fully saturated rings. The molecule has 1 aliphatic rings. The van der Waals surface area contributed by atoms with Gasteiger partial charge in [-0.15, -0.1) is 0 Å². The van der Waals surface area contributed by atoms with Crippen LogP contribution < -0.4 is 5.32 Å². The molecule has 1 N–H and O–H groups in total. The van der Waals surface area contributed by atoms with Crippen molar-refractivity contribution in [3.63, 3.8) is 0 Å². The number of nitrogens with zero attached hydrogens (tertiary/aromatic N) is 1. The topological polar surface area (TPSA) is 24.5 Å². The van der Waals surface area contributed by atoms with Gasteiger partial charge in [0.1, 0.15) is 0 Å². The maximum atomic E-state index is 5.67. The van der Waals surface area contributed by atoms with Gasteiger partial charge in [0, 0.05) is 25.7 Å². The average Bonchev–Trinajstić information content (AvgIpc) is 2.35. The number of morpholine rings is 1. The zero-order valence-corrected chi connectivity index (χ0v) is 11.6. The number of benzene rings is 1. The fourth-order valence-corrected chi connectivity index (χ4v) is 2.47. The van der Waals surface area contributed by atoms with Crippen molar-refractivity contribution in [3.8, 4) is 0 Å². The molecule has 0 aliphatic carbocycles. The van der Waals surface area contributed by atoms with Crippen molar-refractivity contribution in [2.24, 2.45) is 0 Å². The van der Waals surface area contributed by atoms with Gasteiger partial charge >= 0.3 is 0 Å². The molecule has 0 radical (unpaired) electrons. The van der Waals surface area contributed by atoms with E-state index in [1.165, 1.54) is 11.1 Å². The second-order valence-corrected chi connectivity index (χ2v) is 5.27. The molecule has 0 bridgehead atoms. The monoisotopic (exact) mass is 248 g/mol. The zero-order chi connectivity index (χ0) is 13.0. The molecule has 1 saturated heterocycles. The molecule has 0 aromatic heterocycles. The van der Waals surface area contributed by atoms with Crippen LogP contribution in [0.4, 0.5) is 0 Å². The summed E-state index contributed by atoms with van der Waals surface area (Å²) in [5.74, 6) is 0. The summed E-state index contributed by atoms with van der Waals surface area (Å²) in [5, 5.41) is 3.20. The third-order valence-electron chi connectivity index (χ3n) is 3.49. The van der Waals surface area contributed by atoms with Gasteiger partial charge in [-0.25, -0.2) is 0 Å². The minimum absolute atomic E-state index is 0.349. The molecule has 3 nitrogen and oxygen atoms in total. The minimum atomic E-state index is 0.349. The van der Waals surface area contributed by atoms with Gasteiger partial charge < -0.3 is 10.1 Å². The first-order valence-electron chi connectivity index (χ1n) is 6.77. The molecule has 1 heterocycles. The van der Waals surface area contributed by atoms with E-state index < -0.39 is 0 Å². The van der Waals surface area contributed by atoms with E-state index in [2.05, 4.69) is 48.3 Å². The second-order valence-electron chi connectivity index (χ2n) is 5.27. The molecule has 2 unspecified atom stereocenters. The van der Waals surface area contributed by atoms with Crippen molar-refractivity contribution in [2.75, 3.05) is 20.2 Å². The Morgan fingerprint density at radius 3 is 2.89 bits per heavy atom. The van der Waals surface area contributed by atoms with Gasteiger partial charge in [0.2, 0.25) is 0 Å². The molecule has 18 heavy (non-hydrogen) atoms. The molecular weight excluding hydrogens is 224 g/mol. The summed E-state index contributed by atoms with van der Waals surface area (Å²) >= 11 is 0. The van der Waals surface area contributed by atoms with Gasteiger partial charge in [0.15, 0.2) is 0 Å². The Bertz CT molecular complexity index is 381. The molecule has 0 saturated carbocycles. The smallest absolute Gasteiger partial charge is 0.0674 e. The summed E-state index contributed by atoms with van der Waals surface area (Å²) in [4.78, 5) is 2.51. The number of rotatable bonds is 4. The third kappa shape index (κ3) is 3.55. The standard InChI is InChI=1S/C15H24N2O/c1-12-11-18-13(2)9-17(12)10-15-6-4-5-14(7-15)8-16-3/h4-7,12-13,16H,8-11H2,1-3H3. The lowest BCUT2D eigenvalue weighted by atomic mass is 10.1. The fraction of sp³-hybridized carbons (Fsp3) is 0.600. The van der Waals surface area contributed by atoms with Crippen molar-refractivity contribution in [1.29, 1.82) is 0 Å². The van der Waals surface area contributed by atoms with Crippen molar-refractivity contribution in [3.05, 3.63) is 35.4 Å². The molecule has 1 aromatic carbocycles. The van der Waals surface area contributed by atoms with Crippen LogP contribution in [0.5, 0.6) is 0 Å². The van der Waals surface area contributed by atoms with E-state index in [1.807, 2.05) is 7.05 Å². The number of hydrogen-bond donors (Lipinski definition) is 1. The van der Waals surface area contributed by atoms with E-state index in [0.29, 0.717) is 12.1 Å². The van der Waals surface area contributed by atoms with Crippen LogP contribution in [0.2, 0.25) is 0 Å². The van der Waals surface area contributed by atoms with Crippen LogP contribution in [0.1, 0.15) is 25.0 Å². The summed E-state index contributed by atoms with van der Waals surface area (Å²) in [6.45, 7) is 8.21. The molecule has 2 rings (SSSR count). The quantitative estimate of drug-likeness (QED) is 0.882. The van der Waals surface area contributed by atoms with Crippen molar-refractivity contribution >= 4 is 0 Å². The predicted octanol–water partition coefficient (Wildman–Crippen LogP) is 2.02. The SMILES string of the molecule is CNCc1cccc(CN2CC(C)OCC2C)c1. The Labute approximate surface area is 110 Å². The fourth-order valence-electron chi connectivity index (χ4n) is 2.47. The molecule has 0 amide bonds. The highest BCUT2D eigenvalue weighted by atomic mass is 16.5. The summed E-state index contributed by atoms with van der Waals surface area (Å²) in [5.41, 5.74) is 2.74. The van der Waals surface area contributed by atoms with E-state index in [4.69, 9.17) is 4.74 Å². The van der Waals surface area contributed by atoms with Gasteiger partial charge in [-0.05, 0) is 32.0 Å². The van der Waals surface area contributed by atoms with Crippen molar-refractivity contribution in [1.82, 2.24) is 10.2 Å². The summed E-state index contributed by atoms with van der Waals surface area (Å²) in [7, 11) is 1.98. The predicted molar refractivity (Wildman–Crippen MR) is 74.5 cm³/mol. The lowest BCUT2D eigenvalue weighted by molar-refractivity contribution is -0.0526. The second kappa shape index (κ2) is 6.32. The van der Waals surface area contributed by atoms with Gasteiger partial charge in [0.05, 0.1) is 12.7 Å². The normalized spacial score (nSPS) is 25.3. The Kier molecular flexibility index (Phi) is 4.75. The molecule has 3 heteroatoms. The Morgan fingerprint density at radius 1 is 1.33 bits per heavy atom. The summed E-state index contributed by atoms with van der Waals surface area (Å²) < 4.78 is 5.67. The lowest BCUT2D eigenvalue weighted by Gasteiger charge is -2.36. The van der Waals surface area contributed by atoms with Crippen LogP contribution in [-0.2, 0) is 17.8 Å². The van der Waals surface area contributed by atoms with E-state index in [1.54, 1.807) is 0 Å². The van der Waals surface area contributed by atoms with Crippen LogP contribution in [0.3, 0.4) is 0 Å². The minimum Gasteiger partial charge on any atom is -0.376 e. The number of nitrogens with one attached hydrogen (secondary N) is 1. The van der Waals surface area contributed by atoms with Crippen LogP contribution in [-0.4, -0.2) is 37.2 Å². The Morgan fingerprint density at radius 2 is 2.11 bits per heavy atom. The first kappa shape index (κ1) is 13.5. The molecular formula is C15H24N2O. The van der Waals surface area contributed by atoms with Crippen LogP contribution in [0.15, 0.2) is 24.3 Å². The van der Waals surface area contributed by atoms with Gasteiger partial charge in [-0.3, -0.25) is 4.90 Å². The van der Waals surface area contributed by atoms with E-state index >= 15 is 0 Å². The Balaban J connectivity index is 2.01. The maximum Gasteiger partial charge on any atom is 0.0674 e. The summed E-state index contributed by atoms with van der Waals surface area (Å²) in [6.07, 6.45) is 0.349. The van der Waals surface area contributed by atoms with Gasteiger partial charge in [-0.2, -0.15) is 0 Å². The van der Waals surface area contributed by atoms with E-state index in [-0.39, 0.29) is 0 Å². The molecule has 2 atom stereocenters. The van der Waals surface area contributed by atoms with E-state index in [9.17, 15) is 0 Å². The first-order valence-corrected chi connectivity index (χ1v) is 6.77. The summed E-state index contributed by atoms with van der Waals surface area (Å²) in [6, 6.07) is 9.34. The number of ether oxygens (including phenoxy) is 1. The highest BCUT2D eigenvalue weighted by Gasteiger charge is 2.23. The lowest BCUT2D eigenvalue weighted by Crippen LogP contribution is -2.46. The van der Waals surface area contributed by atoms with Crippen molar-refractivity contribution in [2.45, 2.75) is 39.1 Å². The maximum absolute atomic E-state index is 5.67. The zero-order valence-electron chi connectivity index (χ0n) is 11.6. The van der Waals surface area contributed by atoms with Gasteiger partial charge in [0.25, 0.3) is 0 Å². The highest BCUT2D eigenvalue weighted by Crippen LogP contribution is 2.16. The molecule has 1 aromatic rings. The number of hydrogen-bond acceptors (Lipinski definition) is 3. The van der Waals surface area contributed by atoms with Crippen LogP contribution >= 0.6 is 0 Å². The highest BCUT2D eigenvalue weighted by molar-refractivity contribution is 5.23. The first-order chi connectivity index (χ1) is 8.69. The molecule has 100 valence electrons. The third-order valence-corrected chi connectivity index (χ3v) is 3.49. The van der Waals surface area contributed by atoms with E-state index in [0.717, 1.165) is 26.2 Å². The van der Waals surface area contributed by atoms with Crippen LogP contribution in [0.25, 0.3) is 0 Å². The van der Waals surface area contributed by atoms with Crippen molar-refractivity contribution < 1.29 is 4.74 Å². The Hall–Kier alpha value is -0.900. The average molecular weight is 248 g/mol. The largest absolute Gasteiger partial charge is 0.376 e. The van der Waals surface area contributed by atoms with Gasteiger partial charge in [-0.1, -0.05) is 24.3 Å².